The molecule has 1 unspecified atom stereocenters. The molecule has 0 saturated heterocycles. The molecule has 0 amide bonds. The first-order valence-electron chi connectivity index (χ1n) is 5.30. The van der Waals surface area contributed by atoms with E-state index in [9.17, 15) is 9.90 Å². The highest BCUT2D eigenvalue weighted by Gasteiger charge is 2.33. The highest BCUT2D eigenvalue weighted by molar-refractivity contribution is 5.79. The molecule has 1 N–H and O–H groups in total. The van der Waals surface area contributed by atoms with Crippen LogP contribution in [0.4, 0.5) is 0 Å². The fraction of sp³-hybridized carbons (Fsp3) is 0.909. The Bertz CT molecular complexity index is 177. The number of Topliss-reactive ketones (excluding diaryl/α,β-unsaturated/α-hetero) is 1. The van der Waals surface area contributed by atoms with Crippen LogP contribution in [0.5, 0.6) is 0 Å². The minimum atomic E-state index is -0.538. The molecular weight excluding hydrogens is 164 g/mol. The molecule has 0 bridgehead atoms. The summed E-state index contributed by atoms with van der Waals surface area (Å²) in [5, 5.41) is 10.1. The van der Waals surface area contributed by atoms with Crippen molar-refractivity contribution in [1.29, 1.82) is 0 Å². The van der Waals surface area contributed by atoms with Crippen LogP contribution in [0.15, 0.2) is 0 Å². The molecule has 0 heterocycles. The Kier molecular flexibility index (Phi) is 3.48. The van der Waals surface area contributed by atoms with Crippen LogP contribution in [0, 0.1) is 5.92 Å². The van der Waals surface area contributed by atoms with E-state index in [4.69, 9.17) is 0 Å². The third-order valence-electron chi connectivity index (χ3n) is 3.16. The van der Waals surface area contributed by atoms with E-state index in [0.717, 1.165) is 12.8 Å². The standard InChI is InChI=1S/C11H20O2/c1-3-9(2)8-11(13)6-4-10(12)5-7-11/h9,13H,3-8H2,1-2H3. The van der Waals surface area contributed by atoms with Gasteiger partial charge in [-0.1, -0.05) is 20.3 Å². The van der Waals surface area contributed by atoms with E-state index >= 15 is 0 Å². The van der Waals surface area contributed by atoms with Crippen molar-refractivity contribution in [2.45, 2.75) is 58.0 Å². The third-order valence-corrected chi connectivity index (χ3v) is 3.16. The molecule has 1 aliphatic carbocycles. The lowest BCUT2D eigenvalue weighted by Gasteiger charge is -2.33. The number of carbonyl (C=O) groups excluding carboxylic acids is 1. The number of carbonyl (C=O) groups is 1. The summed E-state index contributed by atoms with van der Waals surface area (Å²) < 4.78 is 0. The van der Waals surface area contributed by atoms with Crippen LogP contribution in [0.25, 0.3) is 0 Å². The van der Waals surface area contributed by atoms with Crippen molar-refractivity contribution in [1.82, 2.24) is 0 Å². The summed E-state index contributed by atoms with van der Waals surface area (Å²) in [5.41, 5.74) is -0.538. The van der Waals surface area contributed by atoms with Crippen LogP contribution in [0.2, 0.25) is 0 Å². The van der Waals surface area contributed by atoms with Crippen LogP contribution < -0.4 is 0 Å². The van der Waals surface area contributed by atoms with Gasteiger partial charge in [-0.15, -0.1) is 0 Å². The van der Waals surface area contributed by atoms with E-state index in [0.29, 0.717) is 37.4 Å². The van der Waals surface area contributed by atoms with Gasteiger partial charge in [0.15, 0.2) is 0 Å². The third kappa shape index (κ3) is 3.11. The average Bonchev–Trinajstić information content (AvgIpc) is 2.10. The van der Waals surface area contributed by atoms with Crippen LogP contribution >= 0.6 is 0 Å². The first-order chi connectivity index (χ1) is 6.06. The second-order valence-electron chi connectivity index (χ2n) is 4.48. The lowest BCUT2D eigenvalue weighted by molar-refractivity contribution is -0.126. The van der Waals surface area contributed by atoms with Crippen molar-refractivity contribution in [2.24, 2.45) is 5.92 Å². The molecular formula is C11H20O2. The molecule has 76 valence electrons. The minimum Gasteiger partial charge on any atom is -0.390 e. The maximum atomic E-state index is 11.0. The first kappa shape index (κ1) is 10.7. The number of aliphatic hydroxyl groups is 1. The number of hydrogen-bond donors (Lipinski definition) is 1. The highest BCUT2D eigenvalue weighted by atomic mass is 16.3. The van der Waals surface area contributed by atoms with Gasteiger partial charge in [0, 0.05) is 12.8 Å². The maximum absolute atomic E-state index is 11.0. The van der Waals surface area contributed by atoms with Gasteiger partial charge >= 0.3 is 0 Å². The van der Waals surface area contributed by atoms with E-state index in [1.54, 1.807) is 0 Å². The van der Waals surface area contributed by atoms with Gasteiger partial charge in [-0.05, 0) is 25.2 Å². The summed E-state index contributed by atoms with van der Waals surface area (Å²) in [7, 11) is 0. The predicted octanol–water partition coefficient (Wildman–Crippen LogP) is 2.30. The average molecular weight is 184 g/mol. The van der Waals surface area contributed by atoms with Gasteiger partial charge in [0.2, 0.25) is 0 Å². The summed E-state index contributed by atoms with van der Waals surface area (Å²) in [6.45, 7) is 4.30. The van der Waals surface area contributed by atoms with E-state index in [-0.39, 0.29) is 0 Å². The van der Waals surface area contributed by atoms with E-state index in [2.05, 4.69) is 13.8 Å². The van der Waals surface area contributed by atoms with Crippen molar-refractivity contribution >= 4 is 5.78 Å². The Balaban J connectivity index is 2.42. The molecule has 1 saturated carbocycles. The monoisotopic (exact) mass is 184 g/mol. The Morgan fingerprint density at radius 1 is 1.46 bits per heavy atom. The Morgan fingerprint density at radius 3 is 2.46 bits per heavy atom. The molecule has 1 fully saturated rings. The van der Waals surface area contributed by atoms with Gasteiger partial charge in [-0.2, -0.15) is 0 Å². The van der Waals surface area contributed by atoms with Gasteiger partial charge in [0.25, 0.3) is 0 Å². The zero-order valence-corrected chi connectivity index (χ0v) is 8.68. The molecule has 0 aromatic heterocycles. The summed E-state index contributed by atoms with van der Waals surface area (Å²) in [5.74, 6) is 0.882. The molecule has 2 nitrogen and oxygen atoms in total. The molecule has 13 heavy (non-hydrogen) atoms. The van der Waals surface area contributed by atoms with Gasteiger partial charge in [-0.25, -0.2) is 0 Å². The fourth-order valence-corrected chi connectivity index (χ4v) is 1.99. The SMILES string of the molecule is CCC(C)CC1(O)CCC(=O)CC1. The van der Waals surface area contributed by atoms with Crippen molar-refractivity contribution in [3.05, 3.63) is 0 Å². The smallest absolute Gasteiger partial charge is 0.133 e. The van der Waals surface area contributed by atoms with Gasteiger partial charge < -0.3 is 5.11 Å². The van der Waals surface area contributed by atoms with Crippen molar-refractivity contribution < 1.29 is 9.90 Å². The zero-order valence-electron chi connectivity index (χ0n) is 8.68. The van der Waals surface area contributed by atoms with Crippen molar-refractivity contribution in [2.75, 3.05) is 0 Å². The summed E-state index contributed by atoms with van der Waals surface area (Å²) in [4.78, 5) is 11.0. The Hall–Kier alpha value is -0.370. The summed E-state index contributed by atoms with van der Waals surface area (Å²) in [6.07, 6.45) is 4.47. The van der Waals surface area contributed by atoms with Crippen molar-refractivity contribution in [3.63, 3.8) is 0 Å². The van der Waals surface area contributed by atoms with Gasteiger partial charge in [-0.3, -0.25) is 4.79 Å². The largest absolute Gasteiger partial charge is 0.390 e. The summed E-state index contributed by atoms with van der Waals surface area (Å²) >= 11 is 0. The molecule has 0 spiro atoms. The van der Waals surface area contributed by atoms with Crippen molar-refractivity contribution in [3.8, 4) is 0 Å². The van der Waals surface area contributed by atoms with Crippen LogP contribution in [-0.4, -0.2) is 16.5 Å². The van der Waals surface area contributed by atoms with Crippen LogP contribution in [-0.2, 0) is 4.79 Å². The molecule has 0 aliphatic heterocycles. The fourth-order valence-electron chi connectivity index (χ4n) is 1.99. The lowest BCUT2D eigenvalue weighted by atomic mass is 9.78. The molecule has 0 aromatic carbocycles. The Morgan fingerprint density at radius 2 is 2.00 bits per heavy atom. The van der Waals surface area contributed by atoms with Gasteiger partial charge in [0.05, 0.1) is 5.60 Å². The molecule has 0 aromatic rings. The molecule has 1 rings (SSSR count). The minimum absolute atomic E-state index is 0.314. The van der Waals surface area contributed by atoms with Gasteiger partial charge in [0.1, 0.15) is 5.78 Å². The number of rotatable bonds is 3. The second-order valence-corrected chi connectivity index (χ2v) is 4.48. The Labute approximate surface area is 80.3 Å². The van der Waals surface area contributed by atoms with Crippen LogP contribution in [0.1, 0.15) is 52.4 Å². The zero-order chi connectivity index (χ0) is 9.90. The maximum Gasteiger partial charge on any atom is 0.133 e. The van der Waals surface area contributed by atoms with Crippen LogP contribution in [0.3, 0.4) is 0 Å². The van der Waals surface area contributed by atoms with E-state index in [1.807, 2.05) is 0 Å². The highest BCUT2D eigenvalue weighted by Crippen LogP contribution is 2.32. The van der Waals surface area contributed by atoms with E-state index < -0.39 is 5.60 Å². The molecule has 1 atom stereocenters. The molecule has 2 heteroatoms. The molecule has 1 aliphatic rings. The lowest BCUT2D eigenvalue weighted by Crippen LogP contribution is -2.35. The van der Waals surface area contributed by atoms with E-state index in [1.165, 1.54) is 0 Å². The predicted molar refractivity (Wildman–Crippen MR) is 52.5 cm³/mol. The first-order valence-corrected chi connectivity index (χ1v) is 5.30. The number of ketones is 1. The quantitative estimate of drug-likeness (QED) is 0.730. The second kappa shape index (κ2) is 4.23. The molecule has 0 radical (unpaired) electrons. The normalized spacial score (nSPS) is 24.4. The summed E-state index contributed by atoms with van der Waals surface area (Å²) in [6, 6.07) is 0. The number of hydrogen-bond acceptors (Lipinski definition) is 2. The topological polar surface area (TPSA) is 37.3 Å².